The van der Waals surface area contributed by atoms with Gasteiger partial charge in [0.05, 0.1) is 11.2 Å². The predicted molar refractivity (Wildman–Crippen MR) is 245 cm³/mol. The Morgan fingerprint density at radius 2 is 0.931 bits per heavy atom. The Bertz CT molecular complexity index is 3470. The molecule has 58 heavy (non-hydrogen) atoms. The van der Waals surface area contributed by atoms with Gasteiger partial charge < -0.3 is 9.32 Å². The molecule has 0 saturated heterocycles. The van der Waals surface area contributed by atoms with Crippen molar-refractivity contribution >= 4 is 60.5 Å². The van der Waals surface area contributed by atoms with Gasteiger partial charge in [-0.05, 0) is 97.5 Å². The van der Waals surface area contributed by atoms with Crippen LogP contribution in [0.3, 0.4) is 0 Å². The molecule has 2 nitrogen and oxygen atoms in total. The van der Waals surface area contributed by atoms with Gasteiger partial charge in [0.1, 0.15) is 11.2 Å². The quantitative estimate of drug-likeness (QED) is 0.162. The largest absolute Gasteiger partial charge is 0.455 e. The van der Waals surface area contributed by atoms with Crippen molar-refractivity contribution in [2.75, 3.05) is 4.90 Å². The summed E-state index contributed by atoms with van der Waals surface area (Å²) in [6.45, 7) is 0. The van der Waals surface area contributed by atoms with Gasteiger partial charge in [0.15, 0.2) is 0 Å². The number of hydrogen-bond acceptors (Lipinski definition) is 2. The van der Waals surface area contributed by atoms with E-state index in [0.29, 0.717) is 16.9 Å². The fourth-order valence-corrected chi connectivity index (χ4v) is 8.35. The van der Waals surface area contributed by atoms with Crippen molar-refractivity contribution in [3.63, 3.8) is 0 Å². The van der Waals surface area contributed by atoms with Crippen LogP contribution >= 0.6 is 0 Å². The third-order valence-electron chi connectivity index (χ3n) is 11.2. The number of benzene rings is 10. The van der Waals surface area contributed by atoms with Crippen LogP contribution < -0.4 is 4.90 Å². The zero-order valence-corrected chi connectivity index (χ0v) is 31.4. The molecule has 1 heterocycles. The fraction of sp³-hybridized carbons (Fsp3) is 0. The molecule has 0 fully saturated rings. The van der Waals surface area contributed by atoms with Gasteiger partial charge >= 0.3 is 0 Å². The summed E-state index contributed by atoms with van der Waals surface area (Å²) in [5.41, 5.74) is 9.96. The van der Waals surface area contributed by atoms with Crippen LogP contribution in [0.5, 0.6) is 0 Å². The number of nitrogens with zero attached hydrogens (tertiary/aromatic N) is 1. The average molecular weight is 744 g/mol. The first-order chi connectivity index (χ1) is 30.4. The molecule has 0 aliphatic heterocycles. The molecule has 11 aromatic rings. The van der Waals surface area contributed by atoms with Gasteiger partial charge in [-0.15, -0.1) is 0 Å². The van der Waals surface area contributed by atoms with Crippen LogP contribution in [0.25, 0.3) is 88.0 Å². The van der Waals surface area contributed by atoms with Crippen LogP contribution in [0.4, 0.5) is 17.1 Å². The van der Waals surface area contributed by atoms with Gasteiger partial charge in [-0.3, -0.25) is 0 Å². The summed E-state index contributed by atoms with van der Waals surface area (Å²) in [4.78, 5) is 1.89. The molecular formula is C56H37NO. The Hall–Kier alpha value is -7.68. The van der Waals surface area contributed by atoms with Crippen molar-refractivity contribution in [1.29, 1.82) is 0 Å². The van der Waals surface area contributed by atoms with E-state index in [0.717, 1.165) is 76.9 Å². The lowest BCUT2D eigenvalue weighted by molar-refractivity contribution is 0.673. The maximum absolute atomic E-state index is 9.72. The lowest BCUT2D eigenvalue weighted by atomic mass is 9.94. The smallest absolute Gasteiger partial charge is 0.143 e. The van der Waals surface area contributed by atoms with E-state index in [1.165, 1.54) is 0 Å². The van der Waals surface area contributed by atoms with Crippen molar-refractivity contribution in [3.05, 3.63) is 224 Å². The first kappa shape index (κ1) is 29.6. The zero-order valence-electron chi connectivity index (χ0n) is 35.4. The second-order valence-electron chi connectivity index (χ2n) is 14.5. The van der Waals surface area contributed by atoms with E-state index in [2.05, 4.69) is 84.9 Å². The lowest BCUT2D eigenvalue weighted by Gasteiger charge is -2.28. The van der Waals surface area contributed by atoms with E-state index in [-0.39, 0.29) is 35.4 Å². The molecular weight excluding hydrogens is 703 g/mol. The Labute approximate surface area is 343 Å². The molecule has 0 atom stereocenters. The molecule has 0 spiro atoms. The van der Waals surface area contributed by atoms with Crippen molar-refractivity contribution in [2.45, 2.75) is 0 Å². The summed E-state index contributed by atoms with van der Waals surface area (Å²) in [6, 6.07) is 66.6. The number of rotatable bonds is 7. The standard InChI is InChI=1S/C56H37NO/c1-2-12-38(13-3-1)39-24-26-40(27-25-39)41-28-33-45(34-29-41)57(46-35-30-43(31-36-46)48-20-10-15-42-14-4-5-17-47(42)48)53-22-8-6-18-49(53)51-21-11-16-44-32-37-52-50-19-7-9-23-54(50)58-56(52)55(44)51/h1-37H/i28D,29D,33D,34D. The second-order valence-corrected chi connectivity index (χ2v) is 14.5. The second kappa shape index (κ2) is 14.1. The van der Waals surface area contributed by atoms with E-state index < -0.39 is 0 Å². The first-order valence-electron chi connectivity index (χ1n) is 21.5. The molecule has 0 aliphatic rings. The van der Waals surface area contributed by atoms with Crippen LogP contribution in [-0.4, -0.2) is 0 Å². The Morgan fingerprint density at radius 3 is 1.74 bits per heavy atom. The SMILES string of the molecule is [2H]c1c([2H])c(N(c2ccc(-c3cccc4ccccc34)cc2)c2ccccc2-c2cccc3ccc4c5ccccc5oc4c23)c([2H])c([2H])c1-c1ccc(-c2ccccc2)cc1. The lowest BCUT2D eigenvalue weighted by Crippen LogP contribution is -2.11. The van der Waals surface area contributed by atoms with E-state index in [1.54, 1.807) is 0 Å². The summed E-state index contributed by atoms with van der Waals surface area (Å²) in [6.07, 6.45) is 0. The third-order valence-corrected chi connectivity index (χ3v) is 11.2. The summed E-state index contributed by atoms with van der Waals surface area (Å²) >= 11 is 0. The molecule has 0 amide bonds. The van der Waals surface area contributed by atoms with E-state index in [9.17, 15) is 5.48 Å². The van der Waals surface area contributed by atoms with Gasteiger partial charge in [-0.25, -0.2) is 0 Å². The number of furan rings is 1. The van der Waals surface area contributed by atoms with Crippen molar-refractivity contribution in [3.8, 4) is 44.5 Å². The van der Waals surface area contributed by atoms with Gasteiger partial charge in [-0.1, -0.05) is 182 Å². The molecule has 0 bridgehead atoms. The highest BCUT2D eigenvalue weighted by Gasteiger charge is 2.21. The van der Waals surface area contributed by atoms with Crippen molar-refractivity contribution in [2.24, 2.45) is 0 Å². The molecule has 0 aliphatic carbocycles. The Kier molecular flexibility index (Phi) is 7.20. The molecule has 0 radical (unpaired) electrons. The molecule has 11 rings (SSSR count). The van der Waals surface area contributed by atoms with E-state index in [4.69, 9.17) is 4.42 Å². The minimum absolute atomic E-state index is 0.113. The summed E-state index contributed by atoms with van der Waals surface area (Å²) in [7, 11) is 0. The maximum Gasteiger partial charge on any atom is 0.143 e. The van der Waals surface area contributed by atoms with Crippen LogP contribution in [0.2, 0.25) is 0 Å². The predicted octanol–water partition coefficient (Wildman–Crippen LogP) is 16.0. The number of fused-ring (bicyclic) bond motifs is 6. The van der Waals surface area contributed by atoms with Crippen LogP contribution in [0.15, 0.2) is 229 Å². The van der Waals surface area contributed by atoms with Gasteiger partial charge in [0, 0.05) is 33.1 Å². The van der Waals surface area contributed by atoms with Crippen LogP contribution in [0, 0.1) is 0 Å². The summed E-state index contributed by atoms with van der Waals surface area (Å²) in [5.74, 6) is 0. The average Bonchev–Trinajstić information content (AvgIpc) is 3.72. The number of anilines is 3. The molecule has 2 heteroatoms. The monoisotopic (exact) mass is 743 g/mol. The highest BCUT2D eigenvalue weighted by atomic mass is 16.3. The van der Waals surface area contributed by atoms with E-state index >= 15 is 0 Å². The Balaban J connectivity index is 1.13. The zero-order chi connectivity index (χ0) is 41.9. The van der Waals surface area contributed by atoms with Gasteiger partial charge in [0.25, 0.3) is 0 Å². The normalized spacial score (nSPS) is 12.4. The van der Waals surface area contributed by atoms with Crippen molar-refractivity contribution in [1.82, 2.24) is 0 Å². The molecule has 272 valence electrons. The molecule has 0 N–H and O–H groups in total. The summed E-state index contributed by atoms with van der Waals surface area (Å²) < 4.78 is 45.1. The Morgan fingerprint density at radius 1 is 0.345 bits per heavy atom. The highest BCUT2D eigenvalue weighted by molar-refractivity contribution is 6.19. The van der Waals surface area contributed by atoms with Crippen LogP contribution in [0.1, 0.15) is 5.48 Å². The summed E-state index contributed by atoms with van der Waals surface area (Å²) in [5, 5.41) is 6.32. The molecule has 1 aromatic heterocycles. The number of hydrogen-bond donors (Lipinski definition) is 0. The minimum atomic E-state index is -0.140. The van der Waals surface area contributed by atoms with E-state index in [1.807, 2.05) is 120 Å². The molecule has 10 aromatic carbocycles. The molecule has 0 saturated carbocycles. The van der Waals surface area contributed by atoms with Gasteiger partial charge in [-0.2, -0.15) is 0 Å². The van der Waals surface area contributed by atoms with Crippen LogP contribution in [-0.2, 0) is 0 Å². The number of para-hydroxylation sites is 2. The molecule has 0 unspecified atom stereocenters. The minimum Gasteiger partial charge on any atom is -0.455 e. The highest BCUT2D eigenvalue weighted by Crippen LogP contribution is 2.46. The van der Waals surface area contributed by atoms with Gasteiger partial charge in [0.2, 0.25) is 0 Å². The third kappa shape index (κ3) is 5.82. The van der Waals surface area contributed by atoms with Crippen molar-refractivity contribution < 1.29 is 9.90 Å². The maximum atomic E-state index is 9.72. The first-order valence-corrected chi connectivity index (χ1v) is 19.5. The fourth-order valence-electron chi connectivity index (χ4n) is 8.35. The topological polar surface area (TPSA) is 16.4 Å².